The van der Waals surface area contributed by atoms with Crippen molar-refractivity contribution in [1.82, 2.24) is 0 Å². The quantitative estimate of drug-likeness (QED) is 0.315. The van der Waals surface area contributed by atoms with E-state index in [1.165, 1.54) is 14.3 Å². The van der Waals surface area contributed by atoms with Gasteiger partial charge in [0.25, 0.3) is 0 Å². The van der Waals surface area contributed by atoms with Crippen LogP contribution in [0.15, 0.2) is 53.6 Å². The molecule has 19 heavy (non-hydrogen) atoms. The average molecular weight is 369 g/mol. The van der Waals surface area contributed by atoms with Gasteiger partial charge in [0.1, 0.15) is 0 Å². The Morgan fingerprint density at radius 2 is 1.89 bits per heavy atom. The molecule has 1 aliphatic heterocycles. The van der Waals surface area contributed by atoms with Crippen molar-refractivity contribution in [3.05, 3.63) is 59.7 Å². The van der Waals surface area contributed by atoms with E-state index in [0.717, 1.165) is 6.42 Å². The van der Waals surface area contributed by atoms with Gasteiger partial charge in [0.15, 0.2) is 0 Å². The Morgan fingerprint density at radius 3 is 2.32 bits per heavy atom. The molecule has 0 aromatic rings. The van der Waals surface area contributed by atoms with Gasteiger partial charge in [-0.25, -0.2) is 12.2 Å². The Balaban J connectivity index is 0. The molecule has 0 saturated carbocycles. The second kappa shape index (κ2) is 13.0. The van der Waals surface area contributed by atoms with E-state index >= 15 is 0 Å². The third kappa shape index (κ3) is 10.4. The normalized spacial score (nSPS) is 14.5. The van der Waals surface area contributed by atoms with Crippen LogP contribution < -0.4 is 24.8 Å². The van der Waals surface area contributed by atoms with E-state index in [9.17, 15) is 0 Å². The minimum Gasteiger partial charge on any atom is -1.00 e. The van der Waals surface area contributed by atoms with Crippen molar-refractivity contribution in [3.63, 3.8) is 0 Å². The average Bonchev–Trinajstić information content (AvgIpc) is 2.97. The molecule has 3 aliphatic rings. The molecule has 0 unspecified atom stereocenters. The van der Waals surface area contributed by atoms with Gasteiger partial charge < -0.3 is 24.8 Å². The molecule has 0 aromatic heterocycles. The van der Waals surface area contributed by atoms with Crippen LogP contribution >= 0.6 is 0 Å². The van der Waals surface area contributed by atoms with Gasteiger partial charge >= 0.3 is 89.5 Å². The second-order valence-corrected chi connectivity index (χ2v) is 6.42. The van der Waals surface area contributed by atoms with Crippen LogP contribution in [0, 0.1) is 6.08 Å². The molecular formula is C15H16BCl2Zr-. The fourth-order valence-electron chi connectivity index (χ4n) is 1.35. The summed E-state index contributed by atoms with van der Waals surface area (Å²) >= 11 is 1.55. The maximum absolute atomic E-state index is 2.99. The number of rotatable bonds is 0. The molecule has 0 aromatic carbocycles. The molecule has 0 fully saturated rings. The number of hydrogen-bond acceptors (Lipinski definition) is 0. The van der Waals surface area contributed by atoms with E-state index in [1.54, 1.807) is 24.2 Å². The van der Waals surface area contributed by atoms with Gasteiger partial charge in [-0.1, -0.05) is 0 Å². The van der Waals surface area contributed by atoms with Crippen molar-refractivity contribution in [1.29, 1.82) is 0 Å². The van der Waals surface area contributed by atoms with Gasteiger partial charge in [0.05, 0.1) is 0 Å². The fourth-order valence-corrected chi connectivity index (χ4v) is 1.35. The van der Waals surface area contributed by atoms with Crippen molar-refractivity contribution >= 4 is 16.1 Å². The summed E-state index contributed by atoms with van der Waals surface area (Å²) in [5, 5.41) is 0. The van der Waals surface area contributed by atoms with E-state index in [4.69, 9.17) is 0 Å². The number of halogens is 2. The van der Waals surface area contributed by atoms with E-state index in [2.05, 4.69) is 63.2 Å². The molecule has 0 bridgehead atoms. The molecule has 1 heterocycles. The molecule has 2 aliphatic carbocycles. The van der Waals surface area contributed by atoms with Crippen molar-refractivity contribution < 1.29 is 49.0 Å². The Kier molecular flexibility index (Phi) is 14.5. The summed E-state index contributed by atoms with van der Waals surface area (Å²) in [7, 11) is 0. The zero-order chi connectivity index (χ0) is 12.5. The molecule has 98 valence electrons. The van der Waals surface area contributed by atoms with E-state index < -0.39 is 0 Å². The van der Waals surface area contributed by atoms with Crippen LogP contribution in [-0.2, 0) is 24.2 Å². The molecule has 0 N–H and O–H groups in total. The maximum atomic E-state index is 2.99. The Morgan fingerprint density at radius 1 is 1.21 bits per heavy atom. The Bertz CT molecular complexity index is 415. The molecule has 0 nitrogen and oxygen atoms in total. The predicted molar refractivity (Wildman–Crippen MR) is 75.0 cm³/mol. The van der Waals surface area contributed by atoms with Gasteiger partial charge in [-0.05, 0) is 0 Å². The number of allylic oxidation sites excluding steroid dienone is 10. The van der Waals surface area contributed by atoms with Crippen molar-refractivity contribution in [2.45, 2.75) is 20.3 Å². The molecule has 0 radical (unpaired) electrons. The number of hydrogen-bond donors (Lipinski definition) is 0. The van der Waals surface area contributed by atoms with Gasteiger partial charge in [-0.3, -0.25) is 6.08 Å². The predicted octanol–water partition coefficient (Wildman–Crippen LogP) is -3.05. The molecular weight excluding hydrogens is 353 g/mol. The first kappa shape index (κ1) is 21.3. The van der Waals surface area contributed by atoms with Crippen LogP contribution in [0.25, 0.3) is 0 Å². The third-order valence-electron chi connectivity index (χ3n) is 2.02. The molecule has 0 atom stereocenters. The van der Waals surface area contributed by atoms with E-state index in [1.807, 2.05) is 12.2 Å². The fraction of sp³-hybridized carbons (Fsp3) is 0.200. The van der Waals surface area contributed by atoms with Gasteiger partial charge in [-0.2, -0.15) is 6.08 Å². The van der Waals surface area contributed by atoms with Crippen molar-refractivity contribution in [2.75, 3.05) is 0 Å². The van der Waals surface area contributed by atoms with E-state index in [-0.39, 0.29) is 24.8 Å². The standard InChI is InChI=1S/C7H5B.C5H5.C3H6.2ClH.Zr/c1-2-6-4-5-8-7(6)3-1;1-2-4-5-3-1;1-3-2;;;/h1-5H;1-3H,4H2;1-2H3;2*1H;/q;-1;;;;+2/p-2. The summed E-state index contributed by atoms with van der Waals surface area (Å²) in [5.74, 6) is 2.07. The van der Waals surface area contributed by atoms with Gasteiger partial charge in [-0.15, -0.1) is 6.42 Å². The van der Waals surface area contributed by atoms with Gasteiger partial charge in [0, 0.05) is 0 Å². The summed E-state index contributed by atoms with van der Waals surface area (Å²) in [5.41, 5.74) is 2.70. The third-order valence-corrected chi connectivity index (χ3v) is 2.02. The summed E-state index contributed by atoms with van der Waals surface area (Å²) in [6.07, 6.45) is 18.4. The Labute approximate surface area is 144 Å². The molecule has 0 saturated heterocycles. The van der Waals surface area contributed by atoms with Gasteiger partial charge in [0.2, 0.25) is 0 Å². The van der Waals surface area contributed by atoms with Crippen LogP contribution in [0.3, 0.4) is 0 Å². The summed E-state index contributed by atoms with van der Waals surface area (Å²) < 4.78 is 1.51. The summed E-state index contributed by atoms with van der Waals surface area (Å²) in [6, 6.07) is 0. The topological polar surface area (TPSA) is 0 Å². The largest absolute Gasteiger partial charge is 1.00 e. The van der Waals surface area contributed by atoms with Crippen LogP contribution in [-0.4, -0.2) is 16.1 Å². The van der Waals surface area contributed by atoms with Crippen LogP contribution in [0.4, 0.5) is 0 Å². The van der Waals surface area contributed by atoms with Crippen LogP contribution in [0.2, 0.25) is 0 Å². The molecule has 3 rings (SSSR count). The first-order valence-electron chi connectivity index (χ1n) is 5.71. The van der Waals surface area contributed by atoms with E-state index in [0.29, 0.717) is 0 Å². The molecule has 0 amide bonds. The molecule has 0 spiro atoms. The second-order valence-electron chi connectivity index (χ2n) is 3.97. The first-order valence-corrected chi connectivity index (χ1v) is 6.93. The summed E-state index contributed by atoms with van der Waals surface area (Å²) in [6.45, 7) is 6.37. The van der Waals surface area contributed by atoms with Crippen molar-refractivity contribution in [2.24, 2.45) is 0 Å². The Hall–Kier alpha value is -0.0319. The van der Waals surface area contributed by atoms with Crippen molar-refractivity contribution in [3.8, 4) is 0 Å². The van der Waals surface area contributed by atoms with Crippen LogP contribution in [0.5, 0.6) is 0 Å². The smallest absolute Gasteiger partial charge is 0.109 e. The molecule has 4 heteroatoms. The SMILES string of the molecule is B1=CC=C2C=CC=C12.C[C](C)=[Zr+2].[C-]1=CC=CC1.[Cl-].[Cl-]. The zero-order valence-electron chi connectivity index (χ0n) is 11.2. The van der Waals surface area contributed by atoms with Crippen LogP contribution in [0.1, 0.15) is 20.3 Å². The maximum Gasteiger partial charge on any atom is -0.109 e. The number of fused-ring (bicyclic) bond motifs is 1. The zero-order valence-corrected chi connectivity index (χ0v) is 15.1. The monoisotopic (exact) mass is 367 g/mol. The first-order chi connectivity index (χ1) is 8.20. The minimum absolute atomic E-state index is 0. The summed E-state index contributed by atoms with van der Waals surface area (Å²) in [4.78, 5) is 0. The minimum atomic E-state index is 0.